The van der Waals surface area contributed by atoms with Crippen molar-refractivity contribution in [2.24, 2.45) is 5.73 Å². The maximum Gasteiger partial charge on any atom is 0.165 e. The summed E-state index contributed by atoms with van der Waals surface area (Å²) in [7, 11) is 0. The first-order valence-electron chi connectivity index (χ1n) is 5.42. The fraction of sp³-hybridized carbons (Fsp3) is 0.143. The zero-order valence-corrected chi connectivity index (χ0v) is 10.8. The monoisotopic (exact) mass is 267 g/mol. The van der Waals surface area contributed by atoms with Gasteiger partial charge in [0.1, 0.15) is 5.75 Å². The quantitative estimate of drug-likeness (QED) is 0.918. The number of hydrogen-bond acceptors (Lipinski definition) is 2. The number of ether oxygens (including phenoxy) is 1. The lowest BCUT2D eigenvalue weighted by atomic mass is 10.1. The van der Waals surface area contributed by atoms with Gasteiger partial charge in [-0.1, -0.05) is 24.3 Å². The Morgan fingerprint density at radius 1 is 1.11 bits per heavy atom. The number of para-hydroxylation sites is 1. The van der Waals surface area contributed by atoms with Gasteiger partial charge in [0, 0.05) is 6.54 Å². The van der Waals surface area contributed by atoms with Crippen molar-refractivity contribution in [2.75, 3.05) is 0 Å². The average Bonchev–Trinajstić information content (AvgIpc) is 2.34. The summed E-state index contributed by atoms with van der Waals surface area (Å²) < 4.78 is 18.9. The van der Waals surface area contributed by atoms with Crippen LogP contribution in [0.3, 0.4) is 0 Å². The van der Waals surface area contributed by atoms with Crippen molar-refractivity contribution in [1.82, 2.24) is 0 Å². The highest BCUT2D eigenvalue weighted by molar-refractivity contribution is 5.85. The van der Waals surface area contributed by atoms with Crippen molar-refractivity contribution < 1.29 is 9.13 Å². The summed E-state index contributed by atoms with van der Waals surface area (Å²) in [5, 5.41) is 0. The molecule has 0 spiro atoms. The Bertz CT molecular complexity index is 531. The molecule has 18 heavy (non-hydrogen) atoms. The van der Waals surface area contributed by atoms with Crippen molar-refractivity contribution in [3.8, 4) is 11.5 Å². The average molecular weight is 268 g/mol. The predicted octanol–water partition coefficient (Wildman–Crippen LogP) is 3.81. The molecule has 0 saturated carbocycles. The van der Waals surface area contributed by atoms with Crippen LogP contribution >= 0.6 is 12.4 Å². The van der Waals surface area contributed by atoms with Gasteiger partial charge in [-0.25, -0.2) is 4.39 Å². The summed E-state index contributed by atoms with van der Waals surface area (Å²) >= 11 is 0. The lowest BCUT2D eigenvalue weighted by molar-refractivity contribution is 0.439. The van der Waals surface area contributed by atoms with Gasteiger partial charge in [0.25, 0.3) is 0 Å². The molecule has 0 saturated heterocycles. The maximum absolute atomic E-state index is 13.4. The van der Waals surface area contributed by atoms with Crippen molar-refractivity contribution in [3.05, 3.63) is 59.4 Å². The summed E-state index contributed by atoms with van der Waals surface area (Å²) in [6, 6.07) is 12.0. The molecule has 0 aliphatic carbocycles. The Morgan fingerprint density at radius 3 is 2.44 bits per heavy atom. The highest BCUT2D eigenvalue weighted by Gasteiger charge is 2.06. The van der Waals surface area contributed by atoms with Crippen LogP contribution < -0.4 is 10.5 Å². The van der Waals surface area contributed by atoms with E-state index in [9.17, 15) is 4.39 Å². The van der Waals surface area contributed by atoms with Gasteiger partial charge < -0.3 is 10.5 Å². The Balaban J connectivity index is 0.00000162. The third-order valence-corrected chi connectivity index (χ3v) is 2.53. The summed E-state index contributed by atoms with van der Waals surface area (Å²) in [4.78, 5) is 0. The predicted molar refractivity (Wildman–Crippen MR) is 72.8 cm³/mol. The fourth-order valence-electron chi connectivity index (χ4n) is 1.60. The lowest BCUT2D eigenvalue weighted by Gasteiger charge is -2.10. The molecule has 2 aromatic carbocycles. The molecule has 4 heteroatoms. The second-order valence-corrected chi connectivity index (χ2v) is 3.84. The van der Waals surface area contributed by atoms with Crippen LogP contribution in [-0.2, 0) is 6.54 Å². The summed E-state index contributed by atoms with van der Waals surface area (Å²) in [5.74, 6) is 0.512. The third kappa shape index (κ3) is 3.22. The van der Waals surface area contributed by atoms with Gasteiger partial charge in [-0.3, -0.25) is 0 Å². The zero-order chi connectivity index (χ0) is 12.3. The normalized spacial score (nSPS) is 9.72. The van der Waals surface area contributed by atoms with Crippen LogP contribution in [0.4, 0.5) is 4.39 Å². The van der Waals surface area contributed by atoms with Gasteiger partial charge in [-0.15, -0.1) is 12.4 Å². The smallest absolute Gasteiger partial charge is 0.165 e. The molecule has 2 nitrogen and oxygen atoms in total. The topological polar surface area (TPSA) is 35.2 Å². The van der Waals surface area contributed by atoms with Gasteiger partial charge in [0.05, 0.1) is 0 Å². The maximum atomic E-state index is 13.4. The third-order valence-electron chi connectivity index (χ3n) is 2.53. The minimum absolute atomic E-state index is 0. The molecule has 0 aliphatic heterocycles. The Morgan fingerprint density at radius 2 is 1.83 bits per heavy atom. The first-order valence-corrected chi connectivity index (χ1v) is 5.42. The van der Waals surface area contributed by atoms with Gasteiger partial charge in [-0.2, -0.15) is 0 Å². The summed E-state index contributed by atoms with van der Waals surface area (Å²) in [6.45, 7) is 2.40. The molecule has 0 fully saturated rings. The van der Waals surface area contributed by atoms with E-state index in [0.29, 0.717) is 12.3 Å². The molecule has 2 N–H and O–H groups in total. The minimum Gasteiger partial charge on any atom is -0.454 e. The van der Waals surface area contributed by atoms with Crippen LogP contribution in [-0.4, -0.2) is 0 Å². The van der Waals surface area contributed by atoms with Gasteiger partial charge in [0.2, 0.25) is 0 Å². The molecule has 2 aromatic rings. The molecule has 96 valence electrons. The second-order valence-electron chi connectivity index (χ2n) is 3.84. The van der Waals surface area contributed by atoms with Crippen molar-refractivity contribution in [2.45, 2.75) is 13.5 Å². The standard InChI is InChI=1S/C14H14FNO.ClH/c1-10-8-11(9-16)6-7-13(10)17-14-5-3-2-4-12(14)15;/h2-8H,9,16H2,1H3;1H. The number of hydrogen-bond donors (Lipinski definition) is 1. The van der Waals surface area contributed by atoms with Gasteiger partial charge >= 0.3 is 0 Å². The highest BCUT2D eigenvalue weighted by atomic mass is 35.5. The van der Waals surface area contributed by atoms with Gasteiger partial charge in [-0.05, 0) is 36.2 Å². The van der Waals surface area contributed by atoms with Crippen molar-refractivity contribution in [3.63, 3.8) is 0 Å². The number of aryl methyl sites for hydroxylation is 1. The largest absolute Gasteiger partial charge is 0.454 e. The molecule has 0 bridgehead atoms. The second kappa shape index (κ2) is 6.38. The van der Waals surface area contributed by atoms with E-state index in [2.05, 4.69) is 0 Å². The fourth-order valence-corrected chi connectivity index (χ4v) is 1.60. The van der Waals surface area contributed by atoms with Gasteiger partial charge in [0.15, 0.2) is 11.6 Å². The van der Waals surface area contributed by atoms with Crippen LogP contribution in [0.25, 0.3) is 0 Å². The first kappa shape index (κ1) is 14.5. The Labute approximate surface area is 112 Å². The SMILES string of the molecule is Cc1cc(CN)ccc1Oc1ccccc1F.Cl. The summed E-state index contributed by atoms with van der Waals surface area (Å²) in [6.07, 6.45) is 0. The van der Waals surface area contributed by atoms with E-state index in [4.69, 9.17) is 10.5 Å². The Kier molecular flexibility index (Phi) is 5.13. The molecule has 2 rings (SSSR count). The van der Waals surface area contributed by atoms with Crippen LogP contribution in [0.15, 0.2) is 42.5 Å². The number of benzene rings is 2. The molecule has 0 heterocycles. The Hall–Kier alpha value is -1.58. The van der Waals surface area contributed by atoms with Crippen LogP contribution in [0.2, 0.25) is 0 Å². The number of rotatable bonds is 3. The highest BCUT2D eigenvalue weighted by Crippen LogP contribution is 2.27. The molecule has 0 atom stereocenters. The number of nitrogens with two attached hydrogens (primary N) is 1. The van der Waals surface area contributed by atoms with E-state index in [1.165, 1.54) is 6.07 Å². The van der Waals surface area contributed by atoms with E-state index >= 15 is 0 Å². The van der Waals surface area contributed by atoms with Crippen molar-refractivity contribution >= 4 is 12.4 Å². The molecule has 0 aromatic heterocycles. The van der Waals surface area contributed by atoms with E-state index in [1.54, 1.807) is 18.2 Å². The van der Waals surface area contributed by atoms with Crippen LogP contribution in [0.5, 0.6) is 11.5 Å². The zero-order valence-electron chi connectivity index (χ0n) is 10.0. The van der Waals surface area contributed by atoms with E-state index in [1.807, 2.05) is 25.1 Å². The lowest BCUT2D eigenvalue weighted by Crippen LogP contribution is -1.97. The minimum atomic E-state index is -0.366. The van der Waals surface area contributed by atoms with E-state index < -0.39 is 0 Å². The number of halogens is 2. The molecule has 0 aliphatic rings. The molecule has 0 radical (unpaired) electrons. The molecular weight excluding hydrogens is 253 g/mol. The van der Waals surface area contributed by atoms with E-state index in [0.717, 1.165) is 11.1 Å². The van der Waals surface area contributed by atoms with Crippen LogP contribution in [0.1, 0.15) is 11.1 Å². The molecular formula is C14H15ClFNO. The first-order chi connectivity index (χ1) is 8.20. The van der Waals surface area contributed by atoms with Crippen LogP contribution in [0, 0.1) is 12.7 Å². The van der Waals surface area contributed by atoms with Crippen molar-refractivity contribution in [1.29, 1.82) is 0 Å². The summed E-state index contributed by atoms with van der Waals surface area (Å²) in [5.41, 5.74) is 7.52. The molecule has 0 unspecified atom stereocenters. The van der Waals surface area contributed by atoms with E-state index in [-0.39, 0.29) is 24.0 Å². The molecule has 0 amide bonds.